The van der Waals surface area contributed by atoms with E-state index in [9.17, 15) is 0 Å². The average molecular weight is 740 g/mol. The van der Waals surface area contributed by atoms with Crippen LogP contribution in [0.15, 0.2) is 152 Å². The van der Waals surface area contributed by atoms with Gasteiger partial charge >= 0.3 is 0 Å². The summed E-state index contributed by atoms with van der Waals surface area (Å²) in [6.45, 7) is 4.88. The highest BCUT2D eigenvalue weighted by Crippen LogP contribution is 2.55. The van der Waals surface area contributed by atoms with Gasteiger partial charge in [0.1, 0.15) is 0 Å². The van der Waals surface area contributed by atoms with E-state index in [4.69, 9.17) is 0 Å². The standard InChI is InChI=1S/C56H53N/c1-56(2)54-36-45(31-32-50(54)52-24-12-23-51(55(52)56)49-22-11-16-39-15-6-7-20-47(39)49)57(43-29-27-40(28-30-43)53-34-37-25-26-42(53)33-37)44-18-10-17-41(35-44)48-21-9-8-19-46(48)38-13-4-3-5-14-38/h6-12,15-24,27-32,35-38,42,53H,3-5,13-14,25-26,33-34H2,1-2H3. The summed E-state index contributed by atoms with van der Waals surface area (Å²) in [5.41, 5.74) is 17.4. The van der Waals surface area contributed by atoms with Crippen molar-refractivity contribution in [3.05, 3.63) is 174 Å². The van der Waals surface area contributed by atoms with E-state index in [0.29, 0.717) is 5.92 Å². The van der Waals surface area contributed by atoms with Crippen LogP contribution < -0.4 is 4.90 Å². The van der Waals surface area contributed by atoms with E-state index >= 15 is 0 Å². The number of fused-ring (bicyclic) bond motifs is 6. The minimum Gasteiger partial charge on any atom is -0.310 e. The Balaban J connectivity index is 1.03. The molecule has 0 aromatic heterocycles. The van der Waals surface area contributed by atoms with Crippen LogP contribution in [0.5, 0.6) is 0 Å². The lowest BCUT2D eigenvalue weighted by atomic mass is 9.78. The molecule has 3 saturated carbocycles. The number of anilines is 3. The summed E-state index contributed by atoms with van der Waals surface area (Å²) in [5.74, 6) is 3.18. The van der Waals surface area contributed by atoms with Crippen molar-refractivity contribution < 1.29 is 0 Å². The van der Waals surface area contributed by atoms with Crippen LogP contribution in [-0.4, -0.2) is 0 Å². The van der Waals surface area contributed by atoms with E-state index < -0.39 is 0 Å². The Labute approximate surface area is 339 Å². The van der Waals surface area contributed by atoms with Crippen LogP contribution >= 0.6 is 0 Å². The number of hydrogen-bond donors (Lipinski definition) is 0. The fourth-order valence-corrected chi connectivity index (χ4v) is 12.0. The number of nitrogens with zero attached hydrogens (tertiary/aromatic N) is 1. The largest absolute Gasteiger partial charge is 0.310 e. The van der Waals surface area contributed by atoms with Gasteiger partial charge in [0, 0.05) is 22.5 Å². The molecule has 282 valence electrons. The third-order valence-corrected chi connectivity index (χ3v) is 14.7. The van der Waals surface area contributed by atoms with Gasteiger partial charge in [-0.25, -0.2) is 0 Å². The molecule has 0 N–H and O–H groups in total. The maximum Gasteiger partial charge on any atom is 0.0467 e. The summed E-state index contributed by atoms with van der Waals surface area (Å²) < 4.78 is 0. The first-order chi connectivity index (χ1) is 28.0. The molecule has 4 aliphatic carbocycles. The topological polar surface area (TPSA) is 3.24 Å². The maximum absolute atomic E-state index is 2.53. The van der Waals surface area contributed by atoms with E-state index in [1.165, 1.54) is 141 Å². The van der Waals surface area contributed by atoms with Gasteiger partial charge in [-0.2, -0.15) is 0 Å². The molecule has 11 rings (SSSR count). The van der Waals surface area contributed by atoms with Gasteiger partial charge in [0.25, 0.3) is 0 Å². The smallest absolute Gasteiger partial charge is 0.0467 e. The first-order valence-electron chi connectivity index (χ1n) is 21.9. The Morgan fingerprint density at radius 3 is 2.02 bits per heavy atom. The van der Waals surface area contributed by atoms with Crippen molar-refractivity contribution in [2.24, 2.45) is 11.8 Å². The lowest BCUT2D eigenvalue weighted by Gasteiger charge is -2.30. The zero-order valence-electron chi connectivity index (χ0n) is 33.6. The second-order valence-electron chi connectivity index (χ2n) is 18.3. The quantitative estimate of drug-likeness (QED) is 0.157. The van der Waals surface area contributed by atoms with Crippen molar-refractivity contribution in [2.45, 2.75) is 88.9 Å². The van der Waals surface area contributed by atoms with Gasteiger partial charge in [0.15, 0.2) is 0 Å². The molecule has 7 aromatic carbocycles. The zero-order valence-corrected chi connectivity index (χ0v) is 33.6. The summed E-state index contributed by atoms with van der Waals surface area (Å²) in [6.07, 6.45) is 12.3. The van der Waals surface area contributed by atoms with Crippen molar-refractivity contribution in [1.29, 1.82) is 0 Å². The summed E-state index contributed by atoms with van der Waals surface area (Å²) in [5, 5.41) is 2.60. The molecule has 0 aliphatic heterocycles. The highest BCUT2D eigenvalue weighted by Gasteiger charge is 2.41. The van der Waals surface area contributed by atoms with Crippen LogP contribution in [0.4, 0.5) is 17.1 Å². The first kappa shape index (κ1) is 34.8. The Bertz CT molecular complexity index is 2620. The van der Waals surface area contributed by atoms with Gasteiger partial charge < -0.3 is 4.90 Å². The number of benzene rings is 7. The fraction of sp³-hybridized carbons (Fsp3) is 0.286. The lowest BCUT2D eigenvalue weighted by molar-refractivity contribution is 0.420. The van der Waals surface area contributed by atoms with Crippen LogP contribution in [0.3, 0.4) is 0 Å². The van der Waals surface area contributed by atoms with Crippen LogP contribution in [0, 0.1) is 11.8 Å². The summed E-state index contributed by atoms with van der Waals surface area (Å²) in [4.78, 5) is 2.53. The molecular formula is C56H53N. The lowest BCUT2D eigenvalue weighted by Crippen LogP contribution is -2.17. The van der Waals surface area contributed by atoms with Gasteiger partial charge in [-0.15, -0.1) is 0 Å². The fourth-order valence-electron chi connectivity index (χ4n) is 12.0. The van der Waals surface area contributed by atoms with Crippen LogP contribution in [-0.2, 0) is 5.41 Å². The van der Waals surface area contributed by atoms with Crippen molar-refractivity contribution >= 4 is 27.8 Å². The molecule has 3 atom stereocenters. The molecule has 0 amide bonds. The van der Waals surface area contributed by atoms with E-state index in [2.05, 4.69) is 170 Å². The molecule has 0 saturated heterocycles. The molecule has 1 nitrogen and oxygen atoms in total. The zero-order chi connectivity index (χ0) is 38.1. The molecule has 3 unspecified atom stereocenters. The first-order valence-corrected chi connectivity index (χ1v) is 21.9. The van der Waals surface area contributed by atoms with Crippen LogP contribution in [0.1, 0.15) is 106 Å². The minimum absolute atomic E-state index is 0.188. The van der Waals surface area contributed by atoms with Gasteiger partial charge in [0.2, 0.25) is 0 Å². The highest BCUT2D eigenvalue weighted by atomic mass is 15.1. The highest BCUT2D eigenvalue weighted by molar-refractivity contribution is 6.00. The molecule has 57 heavy (non-hydrogen) atoms. The van der Waals surface area contributed by atoms with E-state index in [0.717, 1.165) is 17.8 Å². The van der Waals surface area contributed by atoms with E-state index in [-0.39, 0.29) is 5.41 Å². The summed E-state index contributed by atoms with van der Waals surface area (Å²) >= 11 is 0. The molecule has 0 radical (unpaired) electrons. The SMILES string of the molecule is CC1(C)c2cc(N(c3ccc(C4CC5CCC4C5)cc3)c3cccc(-c4ccccc4C4CCCCC4)c3)ccc2-c2cccc(-c3cccc4ccccc34)c21. The van der Waals surface area contributed by atoms with Crippen LogP contribution in [0.2, 0.25) is 0 Å². The van der Waals surface area contributed by atoms with Gasteiger partial charge in [-0.3, -0.25) is 0 Å². The van der Waals surface area contributed by atoms with Gasteiger partial charge in [0.05, 0.1) is 0 Å². The Hall–Kier alpha value is -5.40. The van der Waals surface area contributed by atoms with Crippen molar-refractivity contribution in [2.75, 3.05) is 4.90 Å². The van der Waals surface area contributed by atoms with Gasteiger partial charge in [-0.05, 0) is 159 Å². The van der Waals surface area contributed by atoms with Crippen LogP contribution in [0.25, 0.3) is 44.2 Å². The predicted molar refractivity (Wildman–Crippen MR) is 241 cm³/mol. The van der Waals surface area contributed by atoms with Gasteiger partial charge in [-0.1, -0.05) is 155 Å². The molecule has 0 heterocycles. The van der Waals surface area contributed by atoms with Crippen molar-refractivity contribution in [1.82, 2.24) is 0 Å². The molecule has 4 aliphatic rings. The Kier molecular flexibility index (Phi) is 8.50. The monoisotopic (exact) mass is 739 g/mol. The maximum atomic E-state index is 2.53. The molecule has 0 spiro atoms. The van der Waals surface area contributed by atoms with E-state index in [1.807, 2.05) is 0 Å². The predicted octanol–water partition coefficient (Wildman–Crippen LogP) is 15.9. The third-order valence-electron chi connectivity index (χ3n) is 14.7. The number of hydrogen-bond acceptors (Lipinski definition) is 1. The Morgan fingerprint density at radius 2 is 1.19 bits per heavy atom. The van der Waals surface area contributed by atoms with Crippen molar-refractivity contribution in [3.63, 3.8) is 0 Å². The third kappa shape index (κ3) is 5.88. The minimum atomic E-state index is -0.188. The second kappa shape index (κ2) is 13.9. The molecule has 7 aromatic rings. The summed E-state index contributed by atoms with van der Waals surface area (Å²) in [7, 11) is 0. The molecule has 1 heteroatoms. The number of rotatable bonds is 7. The molecule has 2 bridgehead atoms. The Morgan fingerprint density at radius 1 is 0.509 bits per heavy atom. The normalized spacial score (nSPS) is 20.8. The van der Waals surface area contributed by atoms with E-state index in [1.54, 1.807) is 0 Å². The second-order valence-corrected chi connectivity index (χ2v) is 18.3. The molecular weight excluding hydrogens is 687 g/mol. The molecule has 3 fully saturated rings. The summed E-state index contributed by atoms with van der Waals surface area (Å²) in [6, 6.07) is 58.2. The van der Waals surface area contributed by atoms with Crippen molar-refractivity contribution in [3.8, 4) is 33.4 Å². The average Bonchev–Trinajstić information content (AvgIpc) is 3.97.